The first kappa shape index (κ1) is 9.53. The molecule has 1 radical (unpaired) electrons. The van der Waals surface area contributed by atoms with Gasteiger partial charge >= 0.3 is 0 Å². The number of hydrogen-bond donors (Lipinski definition) is 0. The van der Waals surface area contributed by atoms with Crippen molar-refractivity contribution in [1.82, 2.24) is 0 Å². The fourth-order valence-electron chi connectivity index (χ4n) is 1.41. The Labute approximate surface area is 88.6 Å². The van der Waals surface area contributed by atoms with E-state index in [1.54, 1.807) is 12.1 Å². The lowest BCUT2D eigenvalue weighted by molar-refractivity contribution is 0.385. The molecule has 0 aromatic heterocycles. The van der Waals surface area contributed by atoms with Crippen LogP contribution >= 0.6 is 0 Å². The maximum Gasteiger partial charge on any atom is 0.193 e. The fraction of sp³-hybridized carbons (Fsp3) is 0. The third kappa shape index (κ3) is 2.08. The monoisotopic (exact) mass is 195 g/mol. The van der Waals surface area contributed by atoms with Gasteiger partial charge in [0, 0.05) is 10.8 Å². The molecule has 2 aromatic carbocycles. The van der Waals surface area contributed by atoms with Crippen LogP contribution in [0.15, 0.2) is 54.6 Å². The summed E-state index contributed by atoms with van der Waals surface area (Å²) >= 11 is 0. The summed E-state index contributed by atoms with van der Waals surface area (Å²) in [5.74, 6) is 0.0515. The van der Waals surface area contributed by atoms with E-state index in [4.69, 9.17) is 0 Å². The second kappa shape index (κ2) is 4.01. The predicted octanol–water partition coefficient (Wildman–Crippen LogP) is 1.68. The first-order chi connectivity index (χ1) is 7.27. The quantitative estimate of drug-likeness (QED) is 0.660. The third-order valence-electron chi connectivity index (χ3n) is 2.25. The molecule has 0 atom stereocenters. The van der Waals surface area contributed by atoms with Crippen molar-refractivity contribution in [3.05, 3.63) is 70.6 Å². The van der Waals surface area contributed by atoms with Crippen LogP contribution in [0.25, 0.3) is 12.3 Å². The standard InChI is InChI=1S/C14H11O/c1-11-7-9-13(10-8-11)14(15)12-5-3-2-4-6-12/h2-10H,1H2. The van der Waals surface area contributed by atoms with E-state index in [0.29, 0.717) is 10.8 Å². The lowest BCUT2D eigenvalue weighted by atomic mass is 10.1. The summed E-state index contributed by atoms with van der Waals surface area (Å²) in [4.78, 5) is 0. The Balaban J connectivity index is 2.60. The van der Waals surface area contributed by atoms with Gasteiger partial charge in [-0.2, -0.15) is 0 Å². The van der Waals surface area contributed by atoms with Crippen molar-refractivity contribution in [2.24, 2.45) is 0 Å². The molecule has 2 rings (SSSR count). The molecule has 0 bridgehead atoms. The van der Waals surface area contributed by atoms with E-state index in [1.165, 1.54) is 0 Å². The SMILES string of the molecule is C=c1ccc(=C([O])c2ccccc2)cc1. The fourth-order valence-corrected chi connectivity index (χ4v) is 1.41. The van der Waals surface area contributed by atoms with Crippen LogP contribution in [-0.2, 0) is 5.11 Å². The molecule has 0 heterocycles. The second-order valence-electron chi connectivity index (χ2n) is 3.39. The van der Waals surface area contributed by atoms with Crippen LogP contribution in [-0.4, -0.2) is 0 Å². The number of hydrogen-bond acceptors (Lipinski definition) is 0. The average molecular weight is 195 g/mol. The van der Waals surface area contributed by atoms with Gasteiger partial charge < -0.3 is 0 Å². The lowest BCUT2D eigenvalue weighted by Crippen LogP contribution is -2.09. The topological polar surface area (TPSA) is 19.9 Å². The summed E-state index contributed by atoms with van der Waals surface area (Å²) in [5, 5.41) is 13.6. The molecule has 73 valence electrons. The van der Waals surface area contributed by atoms with Crippen molar-refractivity contribution >= 4 is 12.3 Å². The molecule has 0 amide bonds. The molecule has 0 saturated heterocycles. The number of rotatable bonds is 1. The van der Waals surface area contributed by atoms with Crippen LogP contribution in [0.1, 0.15) is 5.56 Å². The smallest absolute Gasteiger partial charge is 0.193 e. The lowest BCUT2D eigenvalue weighted by Gasteiger charge is -1.95. The molecule has 15 heavy (non-hydrogen) atoms. The van der Waals surface area contributed by atoms with Gasteiger partial charge in [0.05, 0.1) is 0 Å². The molecule has 2 aromatic rings. The highest BCUT2D eigenvalue weighted by molar-refractivity contribution is 5.57. The van der Waals surface area contributed by atoms with Crippen LogP contribution < -0.4 is 10.4 Å². The van der Waals surface area contributed by atoms with Gasteiger partial charge in [-0.05, 0) is 5.22 Å². The Kier molecular flexibility index (Phi) is 2.55. The van der Waals surface area contributed by atoms with E-state index < -0.39 is 0 Å². The van der Waals surface area contributed by atoms with Crippen molar-refractivity contribution in [2.75, 3.05) is 0 Å². The van der Waals surface area contributed by atoms with Gasteiger partial charge in [0.15, 0.2) is 5.76 Å². The highest BCUT2D eigenvalue weighted by atomic mass is 16.3. The van der Waals surface area contributed by atoms with Gasteiger partial charge in [-0.1, -0.05) is 61.2 Å². The Morgan fingerprint density at radius 2 is 1.47 bits per heavy atom. The summed E-state index contributed by atoms with van der Waals surface area (Å²) < 4.78 is 0. The normalized spacial score (nSPS) is 9.87. The maximum atomic E-state index is 11.9. The van der Waals surface area contributed by atoms with Gasteiger partial charge in [0.25, 0.3) is 0 Å². The molecule has 0 aliphatic carbocycles. The van der Waals surface area contributed by atoms with Crippen LogP contribution in [0, 0.1) is 0 Å². The molecule has 0 aliphatic heterocycles. The zero-order valence-corrected chi connectivity index (χ0v) is 8.31. The van der Waals surface area contributed by atoms with E-state index in [0.717, 1.165) is 5.22 Å². The van der Waals surface area contributed by atoms with Crippen molar-refractivity contribution in [3.63, 3.8) is 0 Å². The summed E-state index contributed by atoms with van der Waals surface area (Å²) in [7, 11) is 0. The van der Waals surface area contributed by atoms with E-state index in [2.05, 4.69) is 6.58 Å². The molecule has 0 unspecified atom stereocenters. The maximum absolute atomic E-state index is 11.9. The Morgan fingerprint density at radius 1 is 0.867 bits per heavy atom. The minimum absolute atomic E-state index is 0.0515. The molecular weight excluding hydrogens is 184 g/mol. The Bertz CT molecular complexity index is 532. The summed E-state index contributed by atoms with van der Waals surface area (Å²) in [5.41, 5.74) is 0.717. The average Bonchev–Trinajstić information content (AvgIpc) is 2.30. The van der Waals surface area contributed by atoms with Crippen LogP contribution in [0.5, 0.6) is 0 Å². The summed E-state index contributed by atoms with van der Waals surface area (Å²) in [6, 6.07) is 16.6. The molecule has 0 fully saturated rings. The van der Waals surface area contributed by atoms with E-state index in [1.807, 2.05) is 42.5 Å². The first-order valence-electron chi connectivity index (χ1n) is 4.79. The molecule has 0 saturated carbocycles. The van der Waals surface area contributed by atoms with E-state index >= 15 is 0 Å². The molecule has 0 N–H and O–H groups in total. The van der Waals surface area contributed by atoms with Crippen LogP contribution in [0.3, 0.4) is 0 Å². The van der Waals surface area contributed by atoms with Gasteiger partial charge in [-0.15, -0.1) is 0 Å². The van der Waals surface area contributed by atoms with Crippen molar-refractivity contribution in [3.8, 4) is 0 Å². The van der Waals surface area contributed by atoms with Crippen LogP contribution in [0.4, 0.5) is 0 Å². The highest BCUT2D eigenvalue weighted by Gasteiger charge is 2.00. The minimum atomic E-state index is 0.0515. The van der Waals surface area contributed by atoms with Crippen molar-refractivity contribution in [1.29, 1.82) is 0 Å². The summed E-state index contributed by atoms with van der Waals surface area (Å²) in [6.07, 6.45) is 0. The predicted molar refractivity (Wildman–Crippen MR) is 60.9 cm³/mol. The van der Waals surface area contributed by atoms with Crippen LogP contribution in [0.2, 0.25) is 0 Å². The van der Waals surface area contributed by atoms with Gasteiger partial charge in [0.1, 0.15) is 0 Å². The minimum Gasteiger partial charge on any atom is -0.289 e. The number of benzene rings is 2. The van der Waals surface area contributed by atoms with Crippen molar-refractivity contribution in [2.45, 2.75) is 0 Å². The molecule has 0 aliphatic rings. The van der Waals surface area contributed by atoms with Crippen molar-refractivity contribution < 1.29 is 5.11 Å². The van der Waals surface area contributed by atoms with Gasteiger partial charge in [-0.25, -0.2) is 0 Å². The summed E-state index contributed by atoms with van der Waals surface area (Å²) in [6.45, 7) is 3.78. The molecular formula is C14H11O. The first-order valence-corrected chi connectivity index (χ1v) is 4.79. The zero-order valence-electron chi connectivity index (χ0n) is 8.31. The second-order valence-corrected chi connectivity index (χ2v) is 3.39. The molecule has 1 nitrogen and oxygen atoms in total. The van der Waals surface area contributed by atoms with E-state index in [-0.39, 0.29) is 5.76 Å². The Morgan fingerprint density at radius 3 is 2.07 bits per heavy atom. The zero-order chi connectivity index (χ0) is 10.7. The van der Waals surface area contributed by atoms with E-state index in [9.17, 15) is 5.11 Å². The Hall–Kier alpha value is -2.02. The molecule has 0 spiro atoms. The highest BCUT2D eigenvalue weighted by Crippen LogP contribution is 2.06. The largest absolute Gasteiger partial charge is 0.289 e. The van der Waals surface area contributed by atoms with Gasteiger partial charge in [0.2, 0.25) is 0 Å². The molecule has 1 heteroatoms. The van der Waals surface area contributed by atoms with Gasteiger partial charge in [-0.3, -0.25) is 5.11 Å². The third-order valence-corrected chi connectivity index (χ3v) is 2.25.